The molecule has 0 saturated heterocycles. The van der Waals surface area contributed by atoms with Gasteiger partial charge in [-0.05, 0) is 36.4 Å². The molecule has 0 radical (unpaired) electrons. The molecule has 0 bridgehead atoms. The Hall–Kier alpha value is -3.32. The van der Waals surface area contributed by atoms with Gasteiger partial charge in [-0.2, -0.15) is 0 Å². The third-order valence-electron chi connectivity index (χ3n) is 4.18. The summed E-state index contributed by atoms with van der Waals surface area (Å²) in [7, 11) is 1.86. The molecule has 7 heteroatoms. The van der Waals surface area contributed by atoms with Crippen molar-refractivity contribution < 1.29 is 9.21 Å². The van der Waals surface area contributed by atoms with Gasteiger partial charge in [0.1, 0.15) is 0 Å². The summed E-state index contributed by atoms with van der Waals surface area (Å²) in [5.41, 5.74) is 1.65. The van der Waals surface area contributed by atoms with Gasteiger partial charge in [0.15, 0.2) is 16.7 Å². The SMILES string of the molecule is Cn1c(SCC(=O)N(c2ccccc2)c2ccccc2)nnc1-c1ccco1. The van der Waals surface area contributed by atoms with Crippen molar-refractivity contribution in [1.29, 1.82) is 0 Å². The molecule has 28 heavy (non-hydrogen) atoms. The molecule has 0 N–H and O–H groups in total. The summed E-state index contributed by atoms with van der Waals surface area (Å²) in [6, 6.07) is 22.9. The molecule has 0 fully saturated rings. The number of thioether (sulfide) groups is 1. The minimum Gasteiger partial charge on any atom is -0.461 e. The third kappa shape index (κ3) is 3.70. The highest BCUT2D eigenvalue weighted by Crippen LogP contribution is 2.28. The monoisotopic (exact) mass is 390 g/mol. The Bertz CT molecular complexity index is 1010. The lowest BCUT2D eigenvalue weighted by molar-refractivity contribution is -0.115. The fraction of sp³-hybridized carbons (Fsp3) is 0.0952. The molecule has 2 heterocycles. The molecule has 0 unspecified atom stereocenters. The number of para-hydroxylation sites is 2. The van der Waals surface area contributed by atoms with Crippen LogP contribution >= 0.6 is 11.8 Å². The second kappa shape index (κ2) is 8.14. The van der Waals surface area contributed by atoms with E-state index in [4.69, 9.17) is 4.42 Å². The summed E-state index contributed by atoms with van der Waals surface area (Å²) in [6.07, 6.45) is 1.60. The minimum atomic E-state index is -0.0371. The van der Waals surface area contributed by atoms with Crippen molar-refractivity contribution >= 4 is 29.0 Å². The van der Waals surface area contributed by atoms with Crippen LogP contribution in [-0.2, 0) is 11.8 Å². The molecule has 0 atom stereocenters. The van der Waals surface area contributed by atoms with Crippen LogP contribution in [0.1, 0.15) is 0 Å². The second-order valence-corrected chi connectivity index (χ2v) is 6.97. The Morgan fingerprint density at radius 1 is 0.964 bits per heavy atom. The summed E-state index contributed by atoms with van der Waals surface area (Å²) >= 11 is 1.35. The van der Waals surface area contributed by atoms with Gasteiger partial charge in [-0.1, -0.05) is 48.2 Å². The molecular formula is C21H18N4O2S. The molecule has 140 valence electrons. The van der Waals surface area contributed by atoms with Gasteiger partial charge in [0.2, 0.25) is 5.91 Å². The number of hydrogen-bond acceptors (Lipinski definition) is 5. The number of benzene rings is 2. The number of aromatic nitrogens is 3. The minimum absolute atomic E-state index is 0.0371. The molecule has 6 nitrogen and oxygen atoms in total. The smallest absolute Gasteiger partial charge is 0.242 e. The van der Waals surface area contributed by atoms with E-state index in [1.807, 2.05) is 78.3 Å². The van der Waals surface area contributed by atoms with Crippen LogP contribution in [0.5, 0.6) is 0 Å². The van der Waals surface area contributed by atoms with Crippen LogP contribution in [0.3, 0.4) is 0 Å². The van der Waals surface area contributed by atoms with Crippen molar-refractivity contribution in [3.8, 4) is 11.6 Å². The fourth-order valence-electron chi connectivity index (χ4n) is 2.84. The van der Waals surface area contributed by atoms with Crippen molar-refractivity contribution in [2.75, 3.05) is 10.7 Å². The number of nitrogens with zero attached hydrogens (tertiary/aromatic N) is 4. The maximum absolute atomic E-state index is 13.1. The zero-order valence-electron chi connectivity index (χ0n) is 15.2. The molecule has 0 aliphatic carbocycles. The fourth-order valence-corrected chi connectivity index (χ4v) is 3.60. The second-order valence-electron chi connectivity index (χ2n) is 6.03. The first-order valence-electron chi connectivity index (χ1n) is 8.73. The Labute approximate surface area is 166 Å². The van der Waals surface area contributed by atoms with Gasteiger partial charge in [0, 0.05) is 18.4 Å². The number of anilines is 2. The predicted octanol–water partition coefficient (Wildman–Crippen LogP) is 4.53. The average molecular weight is 390 g/mol. The van der Waals surface area contributed by atoms with Crippen molar-refractivity contribution in [2.45, 2.75) is 5.16 Å². The molecule has 0 saturated carbocycles. The number of hydrogen-bond donors (Lipinski definition) is 0. The van der Waals surface area contributed by atoms with E-state index in [-0.39, 0.29) is 11.7 Å². The van der Waals surface area contributed by atoms with Gasteiger partial charge in [-0.15, -0.1) is 10.2 Å². The van der Waals surface area contributed by atoms with Crippen LogP contribution in [0.4, 0.5) is 11.4 Å². The largest absolute Gasteiger partial charge is 0.461 e. The lowest BCUT2D eigenvalue weighted by Gasteiger charge is -2.22. The molecule has 4 aromatic rings. The number of furan rings is 1. The first kappa shape index (κ1) is 18.1. The third-order valence-corrected chi connectivity index (χ3v) is 5.18. The highest BCUT2D eigenvalue weighted by Gasteiger charge is 2.20. The lowest BCUT2D eigenvalue weighted by atomic mass is 10.2. The van der Waals surface area contributed by atoms with Crippen LogP contribution in [-0.4, -0.2) is 26.4 Å². The first-order valence-corrected chi connectivity index (χ1v) is 9.72. The summed E-state index contributed by atoms with van der Waals surface area (Å²) < 4.78 is 7.21. The number of amides is 1. The topological polar surface area (TPSA) is 64.2 Å². The van der Waals surface area contributed by atoms with Crippen molar-refractivity contribution in [2.24, 2.45) is 7.05 Å². The van der Waals surface area contributed by atoms with E-state index in [1.54, 1.807) is 17.2 Å². The van der Waals surface area contributed by atoms with Gasteiger partial charge in [0.05, 0.1) is 12.0 Å². The molecule has 0 spiro atoms. The van der Waals surface area contributed by atoms with Crippen molar-refractivity contribution in [3.63, 3.8) is 0 Å². The number of carbonyl (C=O) groups excluding carboxylic acids is 1. The van der Waals surface area contributed by atoms with E-state index in [0.29, 0.717) is 16.7 Å². The molecule has 0 aliphatic rings. The molecule has 2 aromatic carbocycles. The van der Waals surface area contributed by atoms with E-state index in [9.17, 15) is 4.79 Å². The Balaban J connectivity index is 1.54. The zero-order chi connectivity index (χ0) is 19.3. The van der Waals surface area contributed by atoms with E-state index >= 15 is 0 Å². The van der Waals surface area contributed by atoms with Crippen LogP contribution in [0.25, 0.3) is 11.6 Å². The Kier molecular flexibility index (Phi) is 5.25. The number of carbonyl (C=O) groups is 1. The standard InChI is InChI=1S/C21H18N4O2S/c1-24-20(18-13-8-14-27-18)22-23-21(24)28-15-19(26)25(16-9-4-2-5-10-16)17-11-6-3-7-12-17/h2-14H,15H2,1H3. The van der Waals surface area contributed by atoms with Crippen LogP contribution in [0.15, 0.2) is 88.6 Å². The molecule has 2 aromatic heterocycles. The summed E-state index contributed by atoms with van der Waals surface area (Å²) in [4.78, 5) is 14.8. The van der Waals surface area contributed by atoms with Crippen LogP contribution < -0.4 is 4.90 Å². The van der Waals surface area contributed by atoms with Crippen molar-refractivity contribution in [1.82, 2.24) is 14.8 Å². The van der Waals surface area contributed by atoms with Crippen LogP contribution in [0, 0.1) is 0 Å². The highest BCUT2D eigenvalue weighted by molar-refractivity contribution is 7.99. The summed E-state index contributed by atoms with van der Waals surface area (Å²) in [6.45, 7) is 0. The van der Waals surface area contributed by atoms with E-state index < -0.39 is 0 Å². The van der Waals surface area contributed by atoms with Gasteiger partial charge in [-0.3, -0.25) is 9.69 Å². The Morgan fingerprint density at radius 2 is 1.61 bits per heavy atom. The Morgan fingerprint density at radius 3 is 2.18 bits per heavy atom. The van der Waals surface area contributed by atoms with Gasteiger partial charge in [0.25, 0.3) is 0 Å². The van der Waals surface area contributed by atoms with E-state index in [2.05, 4.69) is 10.2 Å². The highest BCUT2D eigenvalue weighted by atomic mass is 32.2. The zero-order valence-corrected chi connectivity index (χ0v) is 16.0. The van der Waals surface area contributed by atoms with E-state index in [1.165, 1.54) is 11.8 Å². The first-order chi connectivity index (χ1) is 13.7. The van der Waals surface area contributed by atoms with E-state index in [0.717, 1.165) is 11.4 Å². The average Bonchev–Trinajstić information content (AvgIpc) is 3.38. The number of rotatable bonds is 6. The molecular weight excluding hydrogens is 372 g/mol. The predicted molar refractivity (Wildman–Crippen MR) is 109 cm³/mol. The summed E-state index contributed by atoms with van der Waals surface area (Å²) in [5.74, 6) is 1.46. The van der Waals surface area contributed by atoms with Gasteiger partial charge < -0.3 is 8.98 Å². The molecule has 0 aliphatic heterocycles. The lowest BCUT2D eigenvalue weighted by Crippen LogP contribution is -2.27. The van der Waals surface area contributed by atoms with Gasteiger partial charge >= 0.3 is 0 Å². The molecule has 4 rings (SSSR count). The summed E-state index contributed by atoms with van der Waals surface area (Å²) in [5, 5.41) is 9.02. The van der Waals surface area contributed by atoms with Crippen LogP contribution in [0.2, 0.25) is 0 Å². The normalized spacial score (nSPS) is 10.8. The molecule has 1 amide bonds. The maximum atomic E-state index is 13.1. The van der Waals surface area contributed by atoms with Gasteiger partial charge in [-0.25, -0.2) is 0 Å². The maximum Gasteiger partial charge on any atom is 0.242 e. The van der Waals surface area contributed by atoms with Crippen molar-refractivity contribution in [3.05, 3.63) is 79.1 Å². The quantitative estimate of drug-likeness (QED) is 0.453.